The van der Waals surface area contributed by atoms with Crippen LogP contribution in [0.3, 0.4) is 0 Å². The molecule has 3 aromatic rings. The molecule has 0 spiro atoms. The first-order valence-electron chi connectivity index (χ1n) is 12.2. The molecule has 1 amide bonds. The van der Waals surface area contributed by atoms with E-state index in [0.29, 0.717) is 6.04 Å². The first-order valence-corrected chi connectivity index (χ1v) is 13.0. The van der Waals surface area contributed by atoms with Gasteiger partial charge in [0.2, 0.25) is 0 Å². The number of anilines is 2. The van der Waals surface area contributed by atoms with Gasteiger partial charge in [-0.05, 0) is 48.2 Å². The largest absolute Gasteiger partial charge is 0.490 e. The first kappa shape index (κ1) is 34.1. The van der Waals surface area contributed by atoms with E-state index in [2.05, 4.69) is 64.5 Å². The summed E-state index contributed by atoms with van der Waals surface area (Å²) in [5.41, 5.74) is 3.41. The number of carbonyl (C=O) groups is 3. The van der Waals surface area contributed by atoms with Crippen LogP contribution in [0.4, 0.5) is 37.7 Å². The summed E-state index contributed by atoms with van der Waals surface area (Å²) in [6, 6.07) is 23.0. The van der Waals surface area contributed by atoms with Gasteiger partial charge in [-0.25, -0.2) is 9.59 Å². The Labute approximate surface area is 240 Å². The highest BCUT2D eigenvalue weighted by atomic mass is 32.1. The lowest BCUT2D eigenvalue weighted by atomic mass is 10.1. The molecule has 1 aromatic heterocycles. The number of nitrogens with one attached hydrogen (secondary N) is 1. The molecule has 228 valence electrons. The molecule has 42 heavy (non-hydrogen) atoms. The monoisotopic (exact) mass is 619 g/mol. The number of rotatable bonds is 5. The van der Waals surface area contributed by atoms with E-state index in [4.69, 9.17) is 19.8 Å². The number of aliphatic carboxylic acids is 2. The number of halogens is 6. The minimum atomic E-state index is -5.08. The SMILES string of the molecule is CC1CN(Cc2ccccc2)CCN1c1ccc(NC(=O)c2cccs2)cc1.O=C(O)C(F)(F)F.O=C(O)C(F)(F)F. The summed E-state index contributed by atoms with van der Waals surface area (Å²) in [6.07, 6.45) is -10.2. The molecule has 1 aliphatic rings. The molecule has 2 heterocycles. The molecule has 0 bridgehead atoms. The van der Waals surface area contributed by atoms with Gasteiger partial charge in [-0.15, -0.1) is 11.3 Å². The zero-order valence-electron chi connectivity index (χ0n) is 22.0. The second-order valence-corrected chi connectivity index (χ2v) is 9.79. The van der Waals surface area contributed by atoms with Gasteiger partial charge in [0.15, 0.2) is 0 Å². The molecular formula is C27H27F6N3O5S. The zero-order valence-corrected chi connectivity index (χ0v) is 22.8. The predicted octanol–water partition coefficient (Wildman–Crippen LogP) is 5.98. The number of alkyl halides is 6. The summed E-state index contributed by atoms with van der Waals surface area (Å²) >= 11 is 1.45. The zero-order chi connectivity index (χ0) is 31.5. The van der Waals surface area contributed by atoms with Crippen molar-refractivity contribution >= 4 is 40.6 Å². The van der Waals surface area contributed by atoms with Gasteiger partial charge in [0.05, 0.1) is 4.88 Å². The Balaban J connectivity index is 0.000000367. The topological polar surface area (TPSA) is 110 Å². The highest BCUT2D eigenvalue weighted by molar-refractivity contribution is 7.12. The first-order chi connectivity index (χ1) is 19.6. The van der Waals surface area contributed by atoms with Gasteiger partial charge in [-0.3, -0.25) is 9.69 Å². The Bertz CT molecular complexity index is 1260. The van der Waals surface area contributed by atoms with Crippen LogP contribution >= 0.6 is 11.3 Å². The van der Waals surface area contributed by atoms with Crippen LogP contribution in [0.15, 0.2) is 72.1 Å². The Morgan fingerprint density at radius 3 is 1.86 bits per heavy atom. The van der Waals surface area contributed by atoms with Crippen molar-refractivity contribution in [2.45, 2.75) is 31.9 Å². The van der Waals surface area contributed by atoms with E-state index in [1.54, 1.807) is 0 Å². The van der Waals surface area contributed by atoms with Gasteiger partial charge < -0.3 is 20.4 Å². The highest BCUT2D eigenvalue weighted by Crippen LogP contribution is 2.24. The number of benzene rings is 2. The number of carboxylic acids is 2. The number of thiophene rings is 1. The molecule has 1 saturated heterocycles. The molecule has 1 aliphatic heterocycles. The summed E-state index contributed by atoms with van der Waals surface area (Å²) < 4.78 is 63.5. The van der Waals surface area contributed by atoms with Crippen molar-refractivity contribution in [2.75, 3.05) is 29.9 Å². The van der Waals surface area contributed by atoms with E-state index >= 15 is 0 Å². The maximum atomic E-state index is 12.2. The summed E-state index contributed by atoms with van der Waals surface area (Å²) in [6.45, 7) is 6.40. The van der Waals surface area contributed by atoms with Crippen molar-refractivity contribution in [3.05, 3.63) is 82.6 Å². The molecule has 15 heteroatoms. The van der Waals surface area contributed by atoms with E-state index in [9.17, 15) is 31.1 Å². The quantitative estimate of drug-likeness (QED) is 0.302. The standard InChI is InChI=1S/C23H25N3OS.2C2HF3O2/c1-18-16-25(17-19-6-3-2-4-7-19)13-14-26(18)21-11-9-20(10-12-21)24-23(27)22-8-5-15-28-22;2*3-2(4,5)1(6)7/h2-12,15,18H,13-14,16-17H2,1H3,(H,24,27);2*(H,6,7). The molecule has 0 saturated carbocycles. The summed E-state index contributed by atoms with van der Waals surface area (Å²) in [5.74, 6) is -5.56. The normalized spacial score (nSPS) is 15.4. The molecule has 0 radical (unpaired) electrons. The fraction of sp³-hybridized carbons (Fsp3) is 0.296. The average molecular weight is 620 g/mol. The van der Waals surface area contributed by atoms with Crippen LogP contribution in [-0.4, -0.2) is 71.0 Å². The lowest BCUT2D eigenvalue weighted by Crippen LogP contribution is -2.51. The molecule has 0 aliphatic carbocycles. The maximum Gasteiger partial charge on any atom is 0.490 e. The number of carboxylic acid groups (broad SMARTS) is 2. The van der Waals surface area contributed by atoms with E-state index in [1.165, 1.54) is 22.6 Å². The van der Waals surface area contributed by atoms with E-state index in [1.807, 2.05) is 29.6 Å². The minimum Gasteiger partial charge on any atom is -0.475 e. The third kappa shape index (κ3) is 11.4. The molecule has 1 fully saturated rings. The van der Waals surface area contributed by atoms with Crippen LogP contribution in [0.1, 0.15) is 22.2 Å². The van der Waals surface area contributed by atoms with Crippen molar-refractivity contribution in [3.63, 3.8) is 0 Å². The Morgan fingerprint density at radius 2 is 1.40 bits per heavy atom. The minimum absolute atomic E-state index is 0.0503. The number of carbonyl (C=O) groups excluding carboxylic acids is 1. The number of hydrogen-bond donors (Lipinski definition) is 3. The number of hydrogen-bond acceptors (Lipinski definition) is 6. The molecule has 2 aromatic carbocycles. The summed E-state index contributed by atoms with van der Waals surface area (Å²) in [4.78, 5) is 35.7. The Kier molecular flexibility index (Phi) is 12.3. The number of amides is 1. The smallest absolute Gasteiger partial charge is 0.475 e. The van der Waals surface area contributed by atoms with Gasteiger partial charge in [0, 0.05) is 43.6 Å². The van der Waals surface area contributed by atoms with Crippen LogP contribution < -0.4 is 10.2 Å². The molecule has 4 rings (SSSR count). The molecule has 8 nitrogen and oxygen atoms in total. The Morgan fingerprint density at radius 1 is 0.857 bits per heavy atom. The molecule has 3 N–H and O–H groups in total. The van der Waals surface area contributed by atoms with Crippen LogP contribution in [0, 0.1) is 0 Å². The Hall–Kier alpha value is -4.11. The van der Waals surface area contributed by atoms with Gasteiger partial charge in [0.25, 0.3) is 5.91 Å². The van der Waals surface area contributed by atoms with Crippen molar-refractivity contribution < 1.29 is 50.9 Å². The summed E-state index contributed by atoms with van der Waals surface area (Å²) in [7, 11) is 0. The van der Waals surface area contributed by atoms with Crippen LogP contribution in [0.2, 0.25) is 0 Å². The summed E-state index contributed by atoms with van der Waals surface area (Å²) in [5, 5.41) is 19.1. The van der Waals surface area contributed by atoms with Crippen molar-refractivity contribution in [2.24, 2.45) is 0 Å². The fourth-order valence-corrected chi connectivity index (χ4v) is 4.36. The number of nitrogens with zero attached hydrogens (tertiary/aromatic N) is 2. The van der Waals surface area contributed by atoms with Crippen LogP contribution in [0.25, 0.3) is 0 Å². The number of piperazine rings is 1. The highest BCUT2D eigenvalue weighted by Gasteiger charge is 2.38. The molecule has 1 atom stereocenters. The van der Waals surface area contributed by atoms with E-state index in [0.717, 1.165) is 36.7 Å². The van der Waals surface area contributed by atoms with E-state index in [-0.39, 0.29) is 5.91 Å². The third-order valence-electron chi connectivity index (χ3n) is 5.65. The fourth-order valence-electron chi connectivity index (χ4n) is 3.74. The van der Waals surface area contributed by atoms with Crippen LogP contribution in [-0.2, 0) is 16.1 Å². The van der Waals surface area contributed by atoms with Gasteiger partial charge in [-0.1, -0.05) is 36.4 Å². The van der Waals surface area contributed by atoms with Gasteiger partial charge in [0.1, 0.15) is 0 Å². The van der Waals surface area contributed by atoms with Gasteiger partial charge in [-0.2, -0.15) is 26.3 Å². The van der Waals surface area contributed by atoms with Crippen molar-refractivity contribution in [1.82, 2.24) is 4.90 Å². The molecule has 1 unspecified atom stereocenters. The average Bonchev–Trinajstić information content (AvgIpc) is 3.45. The lowest BCUT2D eigenvalue weighted by Gasteiger charge is -2.41. The second-order valence-electron chi connectivity index (χ2n) is 8.85. The van der Waals surface area contributed by atoms with Crippen molar-refractivity contribution in [3.8, 4) is 0 Å². The van der Waals surface area contributed by atoms with Crippen LogP contribution in [0.5, 0.6) is 0 Å². The van der Waals surface area contributed by atoms with Crippen molar-refractivity contribution in [1.29, 1.82) is 0 Å². The third-order valence-corrected chi connectivity index (χ3v) is 6.52. The predicted molar refractivity (Wildman–Crippen MR) is 145 cm³/mol. The van der Waals surface area contributed by atoms with E-state index < -0.39 is 24.3 Å². The van der Waals surface area contributed by atoms with Gasteiger partial charge >= 0.3 is 24.3 Å². The second kappa shape index (κ2) is 15.2. The molecular weight excluding hydrogens is 592 g/mol. The maximum absolute atomic E-state index is 12.2. The lowest BCUT2D eigenvalue weighted by molar-refractivity contribution is -0.193.